The highest BCUT2D eigenvalue weighted by atomic mass is 35.5. The van der Waals surface area contributed by atoms with Crippen LogP contribution >= 0.6 is 12.4 Å². The lowest BCUT2D eigenvalue weighted by Crippen LogP contribution is -2.15. The molecular weight excluding hydrogens is 372 g/mol. The molecule has 0 aliphatic rings. The Balaban J connectivity index is 0.00000280. The SMILES string of the molecule is CCCOc1ccc(-c2cc(OCCCN(C)C)c3ccccc3n2)cc1.Cl. The number of para-hydroxylation sites is 1. The molecule has 0 saturated heterocycles. The fourth-order valence-electron chi connectivity index (χ4n) is 2.92. The van der Waals surface area contributed by atoms with Gasteiger partial charge in [-0.3, -0.25) is 0 Å². The molecule has 0 spiro atoms. The van der Waals surface area contributed by atoms with Crippen molar-refractivity contribution in [3.8, 4) is 22.8 Å². The molecule has 28 heavy (non-hydrogen) atoms. The molecule has 0 unspecified atom stereocenters. The molecule has 150 valence electrons. The van der Waals surface area contributed by atoms with Crippen molar-refractivity contribution in [3.05, 3.63) is 54.6 Å². The van der Waals surface area contributed by atoms with E-state index < -0.39 is 0 Å². The van der Waals surface area contributed by atoms with Gasteiger partial charge in [-0.25, -0.2) is 4.98 Å². The Morgan fingerprint density at radius 3 is 2.39 bits per heavy atom. The van der Waals surface area contributed by atoms with Crippen molar-refractivity contribution in [2.75, 3.05) is 33.9 Å². The van der Waals surface area contributed by atoms with Gasteiger partial charge >= 0.3 is 0 Å². The van der Waals surface area contributed by atoms with Gasteiger partial charge in [-0.05, 0) is 63.3 Å². The van der Waals surface area contributed by atoms with Gasteiger partial charge in [-0.15, -0.1) is 12.4 Å². The Morgan fingerprint density at radius 2 is 1.68 bits per heavy atom. The third-order valence-corrected chi connectivity index (χ3v) is 4.31. The van der Waals surface area contributed by atoms with Crippen LogP contribution in [0.3, 0.4) is 0 Å². The quantitative estimate of drug-likeness (QED) is 0.448. The van der Waals surface area contributed by atoms with Crippen molar-refractivity contribution in [2.45, 2.75) is 19.8 Å². The molecule has 2 aromatic carbocycles. The highest BCUT2D eigenvalue weighted by Gasteiger charge is 2.09. The number of hydrogen-bond donors (Lipinski definition) is 0. The van der Waals surface area contributed by atoms with Gasteiger partial charge in [-0.2, -0.15) is 0 Å². The fraction of sp³-hybridized carbons (Fsp3) is 0.348. The van der Waals surface area contributed by atoms with Crippen LogP contribution in [0.2, 0.25) is 0 Å². The van der Waals surface area contributed by atoms with Crippen LogP contribution in [-0.4, -0.2) is 43.7 Å². The van der Waals surface area contributed by atoms with Crippen LogP contribution in [0, 0.1) is 0 Å². The van der Waals surface area contributed by atoms with Gasteiger partial charge in [0.1, 0.15) is 11.5 Å². The first-order valence-electron chi connectivity index (χ1n) is 9.58. The van der Waals surface area contributed by atoms with Crippen LogP contribution in [0.1, 0.15) is 19.8 Å². The van der Waals surface area contributed by atoms with Gasteiger partial charge in [0, 0.05) is 23.6 Å². The highest BCUT2D eigenvalue weighted by molar-refractivity contribution is 5.88. The lowest BCUT2D eigenvalue weighted by atomic mass is 10.1. The Bertz CT molecular complexity index is 866. The van der Waals surface area contributed by atoms with Gasteiger partial charge in [-0.1, -0.05) is 19.1 Å². The number of halogens is 1. The van der Waals surface area contributed by atoms with Gasteiger partial charge in [0.15, 0.2) is 0 Å². The predicted molar refractivity (Wildman–Crippen MR) is 119 cm³/mol. The molecule has 0 saturated carbocycles. The molecule has 0 N–H and O–H groups in total. The molecule has 1 heterocycles. The monoisotopic (exact) mass is 400 g/mol. The maximum atomic E-state index is 6.12. The summed E-state index contributed by atoms with van der Waals surface area (Å²) < 4.78 is 11.8. The average Bonchev–Trinajstić information content (AvgIpc) is 2.69. The molecule has 0 bridgehead atoms. The second kappa shape index (κ2) is 10.9. The van der Waals surface area contributed by atoms with E-state index in [9.17, 15) is 0 Å². The molecule has 0 aliphatic heterocycles. The highest BCUT2D eigenvalue weighted by Crippen LogP contribution is 2.31. The first kappa shape index (κ1) is 22.0. The summed E-state index contributed by atoms with van der Waals surface area (Å²) >= 11 is 0. The third kappa shape index (κ3) is 5.85. The predicted octanol–water partition coefficient (Wildman–Crippen LogP) is 5.44. The maximum absolute atomic E-state index is 6.12. The Hall–Kier alpha value is -2.30. The minimum atomic E-state index is 0. The number of fused-ring (bicyclic) bond motifs is 1. The molecule has 0 atom stereocenters. The van der Waals surface area contributed by atoms with Crippen LogP contribution < -0.4 is 9.47 Å². The van der Waals surface area contributed by atoms with E-state index in [-0.39, 0.29) is 12.4 Å². The molecule has 1 aromatic heterocycles. The molecule has 0 fully saturated rings. The number of rotatable bonds is 9. The second-order valence-electron chi connectivity index (χ2n) is 6.90. The number of ether oxygens (including phenoxy) is 2. The number of benzene rings is 2. The first-order chi connectivity index (χ1) is 13.2. The van der Waals surface area contributed by atoms with Crippen molar-refractivity contribution in [2.24, 2.45) is 0 Å². The molecule has 5 heteroatoms. The van der Waals surface area contributed by atoms with Crippen molar-refractivity contribution < 1.29 is 9.47 Å². The summed E-state index contributed by atoms with van der Waals surface area (Å²) in [5, 5.41) is 1.05. The molecule has 0 radical (unpaired) electrons. The molecule has 0 amide bonds. The minimum absolute atomic E-state index is 0. The summed E-state index contributed by atoms with van der Waals surface area (Å²) in [6, 6.07) is 18.3. The summed E-state index contributed by atoms with van der Waals surface area (Å²) in [4.78, 5) is 6.99. The van der Waals surface area contributed by atoms with Gasteiger partial charge < -0.3 is 14.4 Å². The topological polar surface area (TPSA) is 34.6 Å². The number of hydrogen-bond acceptors (Lipinski definition) is 4. The summed E-state index contributed by atoms with van der Waals surface area (Å²) in [6.07, 6.45) is 1.99. The van der Waals surface area contributed by atoms with Crippen molar-refractivity contribution in [3.63, 3.8) is 0 Å². The molecule has 4 nitrogen and oxygen atoms in total. The summed E-state index contributed by atoms with van der Waals surface area (Å²) in [5.41, 5.74) is 2.92. The van der Waals surface area contributed by atoms with Crippen LogP contribution in [-0.2, 0) is 0 Å². The lowest BCUT2D eigenvalue weighted by Gasteiger charge is -2.13. The summed E-state index contributed by atoms with van der Waals surface area (Å²) in [6.45, 7) is 4.54. The Morgan fingerprint density at radius 1 is 0.929 bits per heavy atom. The largest absolute Gasteiger partial charge is 0.494 e. The molecule has 3 aromatic rings. The zero-order valence-electron chi connectivity index (χ0n) is 16.9. The summed E-state index contributed by atoms with van der Waals surface area (Å²) in [5.74, 6) is 1.78. The van der Waals surface area contributed by atoms with Gasteiger partial charge in [0.25, 0.3) is 0 Å². The van der Waals surface area contributed by atoms with Gasteiger partial charge in [0.2, 0.25) is 0 Å². The van der Waals surface area contributed by atoms with E-state index in [0.717, 1.165) is 59.7 Å². The zero-order valence-corrected chi connectivity index (χ0v) is 17.7. The molecular formula is C23H29ClN2O2. The number of pyridine rings is 1. The number of aromatic nitrogens is 1. The third-order valence-electron chi connectivity index (χ3n) is 4.31. The first-order valence-corrected chi connectivity index (χ1v) is 9.58. The normalized spacial score (nSPS) is 10.7. The minimum Gasteiger partial charge on any atom is -0.494 e. The van der Waals surface area contributed by atoms with Crippen LogP contribution in [0.5, 0.6) is 11.5 Å². The van der Waals surface area contributed by atoms with E-state index in [1.165, 1.54) is 0 Å². The fourth-order valence-corrected chi connectivity index (χ4v) is 2.92. The van der Waals surface area contributed by atoms with E-state index in [4.69, 9.17) is 14.5 Å². The standard InChI is InChI=1S/C23H28N2O2.ClH/c1-4-15-26-19-12-10-18(11-13-19)22-17-23(27-16-7-14-25(2)3)20-8-5-6-9-21(20)24-22;/h5-6,8-13,17H,4,7,14-16H2,1-3H3;1H. The Kier molecular flexibility index (Phi) is 8.55. The average molecular weight is 401 g/mol. The maximum Gasteiger partial charge on any atom is 0.130 e. The summed E-state index contributed by atoms with van der Waals surface area (Å²) in [7, 11) is 4.15. The van der Waals surface area contributed by atoms with Crippen LogP contribution in [0.4, 0.5) is 0 Å². The molecule has 0 aliphatic carbocycles. The van der Waals surface area contributed by atoms with E-state index in [0.29, 0.717) is 6.61 Å². The van der Waals surface area contributed by atoms with E-state index in [1.807, 2.05) is 36.4 Å². The zero-order chi connectivity index (χ0) is 19.1. The Labute approximate surface area is 173 Å². The van der Waals surface area contributed by atoms with E-state index in [1.54, 1.807) is 0 Å². The lowest BCUT2D eigenvalue weighted by molar-refractivity contribution is 0.284. The van der Waals surface area contributed by atoms with Crippen molar-refractivity contribution in [1.82, 2.24) is 9.88 Å². The second-order valence-corrected chi connectivity index (χ2v) is 6.90. The van der Waals surface area contributed by atoms with Gasteiger partial charge in [0.05, 0.1) is 24.4 Å². The van der Waals surface area contributed by atoms with Crippen LogP contribution in [0.15, 0.2) is 54.6 Å². The smallest absolute Gasteiger partial charge is 0.130 e. The number of nitrogens with zero attached hydrogens (tertiary/aromatic N) is 2. The molecule has 3 rings (SSSR count). The van der Waals surface area contributed by atoms with Crippen molar-refractivity contribution in [1.29, 1.82) is 0 Å². The van der Waals surface area contributed by atoms with E-state index in [2.05, 4.69) is 44.1 Å². The van der Waals surface area contributed by atoms with E-state index >= 15 is 0 Å². The van der Waals surface area contributed by atoms with Crippen LogP contribution in [0.25, 0.3) is 22.2 Å². The van der Waals surface area contributed by atoms with Crippen molar-refractivity contribution >= 4 is 23.3 Å².